The summed E-state index contributed by atoms with van der Waals surface area (Å²) < 4.78 is 39.2. The van der Waals surface area contributed by atoms with E-state index in [0.29, 0.717) is 6.42 Å². The average molecular weight is 405 g/mol. The van der Waals surface area contributed by atoms with Gasteiger partial charge in [0, 0.05) is 5.69 Å². The van der Waals surface area contributed by atoms with Gasteiger partial charge in [-0.2, -0.15) is 5.10 Å². The Kier molecular flexibility index (Phi) is 4.46. The van der Waals surface area contributed by atoms with Gasteiger partial charge in [0.1, 0.15) is 24.1 Å². The number of carbonyl (C=O) groups excluding carboxylic acids is 1. The van der Waals surface area contributed by atoms with E-state index in [2.05, 4.69) is 15.4 Å². The Bertz CT molecular complexity index is 1230. The molecule has 1 aliphatic heterocycles. The molecule has 1 fully saturated rings. The van der Waals surface area contributed by atoms with Gasteiger partial charge in [0.15, 0.2) is 15.5 Å². The lowest BCUT2D eigenvalue weighted by atomic mass is 10.3. The Hall–Kier alpha value is -3.08. The normalized spacial score (nSPS) is 18.4. The van der Waals surface area contributed by atoms with Crippen molar-refractivity contribution in [2.45, 2.75) is 19.0 Å². The lowest BCUT2D eigenvalue weighted by Crippen LogP contribution is -2.28. The molecule has 146 valence electrons. The molecule has 0 bridgehead atoms. The average Bonchev–Trinajstić information content (AvgIpc) is 3.20. The van der Waals surface area contributed by atoms with Crippen LogP contribution in [0.5, 0.6) is 0 Å². The number of nitrogens with zero attached hydrogens (tertiary/aromatic N) is 4. The summed E-state index contributed by atoms with van der Waals surface area (Å²) in [6, 6.07) is 5.06. The predicted octanol–water partition coefficient (Wildman–Crippen LogP) is 0.730. The van der Waals surface area contributed by atoms with Crippen LogP contribution in [-0.4, -0.2) is 45.2 Å². The fourth-order valence-corrected chi connectivity index (χ4v) is 4.93. The van der Waals surface area contributed by atoms with Gasteiger partial charge >= 0.3 is 0 Å². The largest absolute Gasteiger partial charge is 0.324 e. The molecule has 11 heteroatoms. The van der Waals surface area contributed by atoms with E-state index in [1.165, 1.54) is 41.5 Å². The van der Waals surface area contributed by atoms with Crippen LogP contribution in [0.4, 0.5) is 10.1 Å². The molecule has 0 radical (unpaired) electrons. The Balaban J connectivity index is 1.57. The summed E-state index contributed by atoms with van der Waals surface area (Å²) in [5.41, 5.74) is 0.0998. The summed E-state index contributed by atoms with van der Waals surface area (Å²) in [6.07, 6.45) is 2.97. The van der Waals surface area contributed by atoms with Crippen LogP contribution >= 0.6 is 0 Å². The van der Waals surface area contributed by atoms with Gasteiger partial charge in [0.05, 0.1) is 23.7 Å². The van der Waals surface area contributed by atoms with Gasteiger partial charge in [-0.05, 0) is 24.6 Å². The zero-order valence-electron chi connectivity index (χ0n) is 14.6. The molecule has 2 aromatic heterocycles. The minimum atomic E-state index is -3.11. The van der Waals surface area contributed by atoms with Gasteiger partial charge in [-0.15, -0.1) is 0 Å². The smallest absolute Gasteiger partial charge is 0.264 e. The van der Waals surface area contributed by atoms with Crippen LogP contribution in [0.3, 0.4) is 0 Å². The molecule has 1 amide bonds. The molecule has 1 aliphatic rings. The number of carbonyl (C=O) groups is 1. The molecule has 1 N–H and O–H groups in total. The van der Waals surface area contributed by atoms with Crippen LogP contribution in [0.2, 0.25) is 0 Å². The third-order valence-electron chi connectivity index (χ3n) is 4.56. The molecular weight excluding hydrogens is 389 g/mol. The van der Waals surface area contributed by atoms with Crippen LogP contribution in [-0.2, 0) is 21.2 Å². The summed E-state index contributed by atoms with van der Waals surface area (Å²) in [6.45, 7) is -0.304. The Morgan fingerprint density at radius 1 is 1.36 bits per heavy atom. The summed E-state index contributed by atoms with van der Waals surface area (Å²) in [4.78, 5) is 29.0. The van der Waals surface area contributed by atoms with Crippen LogP contribution < -0.4 is 10.9 Å². The molecule has 1 atom stereocenters. The van der Waals surface area contributed by atoms with Crippen LogP contribution in [0.25, 0.3) is 11.0 Å². The highest BCUT2D eigenvalue weighted by atomic mass is 32.2. The van der Waals surface area contributed by atoms with Crippen molar-refractivity contribution in [3.8, 4) is 0 Å². The van der Waals surface area contributed by atoms with E-state index in [1.807, 2.05) is 0 Å². The van der Waals surface area contributed by atoms with Gasteiger partial charge in [-0.1, -0.05) is 6.07 Å². The number of sulfone groups is 1. The van der Waals surface area contributed by atoms with Gasteiger partial charge < -0.3 is 5.32 Å². The fraction of sp³-hybridized carbons (Fsp3) is 0.294. The molecule has 4 rings (SSSR count). The van der Waals surface area contributed by atoms with Crippen LogP contribution in [0.15, 0.2) is 41.6 Å². The Morgan fingerprint density at radius 2 is 2.18 bits per heavy atom. The summed E-state index contributed by atoms with van der Waals surface area (Å²) in [7, 11) is -3.11. The zero-order valence-corrected chi connectivity index (χ0v) is 15.4. The first kappa shape index (κ1) is 18.3. The van der Waals surface area contributed by atoms with Crippen molar-refractivity contribution in [1.82, 2.24) is 19.3 Å². The first-order valence-corrected chi connectivity index (χ1v) is 10.3. The second-order valence-electron chi connectivity index (χ2n) is 6.62. The third kappa shape index (κ3) is 3.52. The molecule has 1 aromatic carbocycles. The quantitative estimate of drug-likeness (QED) is 0.684. The predicted molar refractivity (Wildman–Crippen MR) is 99.1 cm³/mol. The zero-order chi connectivity index (χ0) is 19.9. The molecule has 0 aliphatic carbocycles. The molecule has 0 saturated carbocycles. The molecule has 0 unspecified atom stereocenters. The number of amides is 1. The van der Waals surface area contributed by atoms with Crippen molar-refractivity contribution in [2.24, 2.45) is 0 Å². The van der Waals surface area contributed by atoms with Crippen molar-refractivity contribution in [2.75, 3.05) is 16.8 Å². The second-order valence-corrected chi connectivity index (χ2v) is 8.85. The maximum atomic E-state index is 13.2. The van der Waals surface area contributed by atoms with E-state index in [4.69, 9.17) is 0 Å². The van der Waals surface area contributed by atoms with Crippen molar-refractivity contribution >= 4 is 32.5 Å². The monoisotopic (exact) mass is 405 g/mol. The third-order valence-corrected chi connectivity index (χ3v) is 6.31. The number of halogens is 1. The minimum absolute atomic E-state index is 0.0371. The van der Waals surface area contributed by atoms with E-state index in [1.54, 1.807) is 0 Å². The lowest BCUT2D eigenvalue weighted by molar-refractivity contribution is -0.116. The van der Waals surface area contributed by atoms with Crippen LogP contribution in [0.1, 0.15) is 12.5 Å². The van der Waals surface area contributed by atoms with E-state index in [0.717, 1.165) is 4.57 Å². The summed E-state index contributed by atoms with van der Waals surface area (Å²) in [5, 5.41) is 6.85. The minimum Gasteiger partial charge on any atom is -0.324 e. The lowest BCUT2D eigenvalue weighted by Gasteiger charge is -2.10. The highest BCUT2D eigenvalue weighted by Crippen LogP contribution is 2.25. The number of aromatic nitrogens is 4. The second kappa shape index (κ2) is 6.82. The molecule has 1 saturated heterocycles. The van der Waals surface area contributed by atoms with Crippen LogP contribution in [0, 0.1) is 5.82 Å². The first-order chi connectivity index (χ1) is 13.3. The summed E-state index contributed by atoms with van der Waals surface area (Å²) >= 11 is 0. The number of benzene rings is 1. The molecule has 0 spiro atoms. The first-order valence-electron chi connectivity index (χ1n) is 8.51. The van der Waals surface area contributed by atoms with Gasteiger partial charge in [-0.25, -0.2) is 22.5 Å². The topological polar surface area (TPSA) is 116 Å². The number of hydrogen-bond acceptors (Lipinski definition) is 6. The van der Waals surface area contributed by atoms with E-state index < -0.39 is 27.1 Å². The molecule has 3 heterocycles. The van der Waals surface area contributed by atoms with Crippen molar-refractivity contribution in [3.63, 3.8) is 0 Å². The Labute approximate surface area is 158 Å². The fourth-order valence-electron chi connectivity index (χ4n) is 3.24. The van der Waals surface area contributed by atoms with E-state index >= 15 is 0 Å². The van der Waals surface area contributed by atoms with Crippen molar-refractivity contribution < 1.29 is 17.6 Å². The number of hydrogen-bond donors (Lipinski definition) is 1. The van der Waals surface area contributed by atoms with Crippen molar-refractivity contribution in [1.29, 1.82) is 0 Å². The standard InChI is InChI=1S/C17H16FN5O4S/c18-11-2-1-3-12(6-11)21-15(24)8-22-10-19-16-14(17(22)25)7-20-23(16)13-4-5-28(26,27)9-13/h1-3,6-7,10,13H,4-5,8-9H2,(H,21,24)/t13-/m1/s1. The van der Waals surface area contributed by atoms with Crippen molar-refractivity contribution in [3.05, 3.63) is 53.0 Å². The van der Waals surface area contributed by atoms with Gasteiger partial charge in [-0.3, -0.25) is 14.2 Å². The Morgan fingerprint density at radius 3 is 2.89 bits per heavy atom. The molecule has 28 heavy (non-hydrogen) atoms. The highest BCUT2D eigenvalue weighted by molar-refractivity contribution is 7.91. The summed E-state index contributed by atoms with van der Waals surface area (Å²) in [5.74, 6) is -0.955. The molecule has 3 aromatic rings. The number of anilines is 1. The maximum absolute atomic E-state index is 13.2. The number of nitrogens with one attached hydrogen (secondary N) is 1. The molecular formula is C17H16FN5O4S. The van der Waals surface area contributed by atoms with Gasteiger partial charge in [0.2, 0.25) is 5.91 Å². The number of fused-ring (bicyclic) bond motifs is 1. The van der Waals surface area contributed by atoms with E-state index in [9.17, 15) is 22.4 Å². The highest BCUT2D eigenvalue weighted by Gasteiger charge is 2.31. The number of rotatable bonds is 4. The molecule has 9 nitrogen and oxygen atoms in total. The maximum Gasteiger partial charge on any atom is 0.264 e. The SMILES string of the molecule is O=C(Cn1cnc2c(cnn2[C@@H]2CCS(=O)(=O)C2)c1=O)Nc1cccc(F)c1. The van der Waals surface area contributed by atoms with Gasteiger partial charge in [0.25, 0.3) is 5.56 Å². The van der Waals surface area contributed by atoms with E-state index in [-0.39, 0.29) is 40.8 Å².